The molecule has 1 amide bonds. The highest BCUT2D eigenvalue weighted by Crippen LogP contribution is 2.37. The largest absolute Gasteiger partial charge is 0.284 e. The van der Waals surface area contributed by atoms with E-state index in [-0.39, 0.29) is 11.9 Å². The summed E-state index contributed by atoms with van der Waals surface area (Å²) >= 11 is 7.83. The Morgan fingerprint density at radius 1 is 1.04 bits per heavy atom. The Morgan fingerprint density at radius 3 is 2.52 bits per heavy atom. The van der Waals surface area contributed by atoms with Crippen molar-refractivity contribution in [3.8, 4) is 0 Å². The van der Waals surface area contributed by atoms with Gasteiger partial charge in [0.2, 0.25) is 0 Å². The number of carbonyl (C=O) groups is 1. The maximum Gasteiger partial charge on any atom is 0.284 e. The second kappa shape index (κ2) is 6.82. The van der Waals surface area contributed by atoms with E-state index in [0.29, 0.717) is 16.3 Å². The van der Waals surface area contributed by atoms with Gasteiger partial charge in [0.15, 0.2) is 0 Å². The van der Waals surface area contributed by atoms with E-state index in [1.54, 1.807) is 5.01 Å². The summed E-state index contributed by atoms with van der Waals surface area (Å²) in [6, 6.07) is 21.1. The summed E-state index contributed by atoms with van der Waals surface area (Å²) in [7, 11) is 0. The van der Waals surface area contributed by atoms with Gasteiger partial charge in [0, 0.05) is 11.4 Å². The first-order chi connectivity index (χ1) is 12.2. The lowest BCUT2D eigenvalue weighted by atomic mass is 9.98. The zero-order chi connectivity index (χ0) is 17.2. The van der Waals surface area contributed by atoms with E-state index in [2.05, 4.69) is 5.10 Å². The number of hydrogen-bond acceptors (Lipinski definition) is 3. The molecule has 124 valence electrons. The third-order valence-corrected chi connectivity index (χ3v) is 5.42. The van der Waals surface area contributed by atoms with Gasteiger partial charge in [-0.3, -0.25) is 4.79 Å². The first-order valence-corrected chi connectivity index (χ1v) is 9.24. The fourth-order valence-electron chi connectivity index (χ4n) is 3.00. The van der Waals surface area contributed by atoms with Crippen LogP contribution in [0.5, 0.6) is 0 Å². The van der Waals surface area contributed by atoms with Crippen molar-refractivity contribution in [3.05, 3.63) is 93.1 Å². The van der Waals surface area contributed by atoms with Crippen LogP contribution in [0.4, 0.5) is 0 Å². The van der Waals surface area contributed by atoms with Crippen LogP contribution in [0.25, 0.3) is 0 Å². The lowest BCUT2D eigenvalue weighted by Crippen LogP contribution is -2.26. The van der Waals surface area contributed by atoms with E-state index in [1.807, 2.05) is 72.1 Å². The first kappa shape index (κ1) is 16.1. The minimum atomic E-state index is -0.196. The average molecular weight is 367 g/mol. The highest BCUT2D eigenvalue weighted by Gasteiger charge is 2.34. The lowest BCUT2D eigenvalue weighted by molar-refractivity contribution is 0.0716. The van der Waals surface area contributed by atoms with Gasteiger partial charge in [-0.1, -0.05) is 66.2 Å². The van der Waals surface area contributed by atoms with Crippen molar-refractivity contribution < 1.29 is 4.79 Å². The smallest absolute Gasteiger partial charge is 0.266 e. The highest BCUT2D eigenvalue weighted by atomic mass is 35.5. The summed E-state index contributed by atoms with van der Waals surface area (Å²) in [6.07, 6.45) is 0.644. The number of nitrogens with zero attached hydrogens (tertiary/aromatic N) is 2. The molecule has 0 saturated carbocycles. The fourth-order valence-corrected chi connectivity index (χ4v) is 3.92. The van der Waals surface area contributed by atoms with E-state index >= 15 is 0 Å². The molecule has 0 aliphatic carbocycles. The predicted molar refractivity (Wildman–Crippen MR) is 102 cm³/mol. The summed E-state index contributed by atoms with van der Waals surface area (Å²) < 4.78 is 0. The number of thiophene rings is 1. The summed E-state index contributed by atoms with van der Waals surface area (Å²) in [5.41, 5.74) is 2.85. The topological polar surface area (TPSA) is 32.7 Å². The minimum Gasteiger partial charge on any atom is -0.266 e. The maximum absolute atomic E-state index is 13.0. The predicted octanol–water partition coefficient (Wildman–Crippen LogP) is 5.39. The van der Waals surface area contributed by atoms with E-state index in [0.717, 1.165) is 16.8 Å². The fraction of sp³-hybridized carbons (Fsp3) is 0.100. The average Bonchev–Trinajstić information content (AvgIpc) is 3.32. The number of rotatable bonds is 3. The Kier molecular flexibility index (Phi) is 4.38. The van der Waals surface area contributed by atoms with Gasteiger partial charge in [0.25, 0.3) is 5.91 Å². The molecule has 1 aliphatic heterocycles. The molecular formula is C20H15ClN2OS. The number of hydrogen-bond donors (Lipinski definition) is 0. The Bertz CT molecular complexity index is 922. The van der Waals surface area contributed by atoms with E-state index in [1.165, 1.54) is 11.3 Å². The molecule has 0 spiro atoms. The molecule has 0 bridgehead atoms. The van der Waals surface area contributed by atoms with E-state index < -0.39 is 0 Å². The lowest BCUT2D eigenvalue weighted by Gasteiger charge is -2.22. The number of benzene rings is 2. The second-order valence-corrected chi connectivity index (χ2v) is 7.14. The maximum atomic E-state index is 13.0. The number of carbonyl (C=O) groups excluding carboxylic acids is 1. The zero-order valence-electron chi connectivity index (χ0n) is 13.3. The van der Waals surface area contributed by atoms with Gasteiger partial charge in [0.1, 0.15) is 0 Å². The van der Waals surface area contributed by atoms with Gasteiger partial charge in [-0.2, -0.15) is 5.10 Å². The molecular weight excluding hydrogens is 352 g/mol. The van der Waals surface area contributed by atoms with Crippen molar-refractivity contribution >= 4 is 34.6 Å². The van der Waals surface area contributed by atoms with Crippen molar-refractivity contribution in [1.82, 2.24) is 5.01 Å². The molecule has 5 heteroatoms. The molecule has 0 N–H and O–H groups in total. The molecule has 1 aromatic heterocycles. The minimum absolute atomic E-state index is 0.0918. The van der Waals surface area contributed by atoms with Crippen molar-refractivity contribution in [2.24, 2.45) is 5.10 Å². The van der Waals surface area contributed by atoms with Crippen LogP contribution in [0, 0.1) is 0 Å². The zero-order valence-corrected chi connectivity index (χ0v) is 14.9. The standard InChI is InChI=1S/C20H15ClN2OS/c21-16-10-5-4-9-15(16)18-13-17(14-7-2-1-3-8-14)22-23(18)20(24)19-11-6-12-25-19/h1-12,18H,13H2/t18-/m1/s1. The monoisotopic (exact) mass is 366 g/mol. The van der Waals surface area contributed by atoms with Crippen LogP contribution in [0.3, 0.4) is 0 Å². The van der Waals surface area contributed by atoms with Crippen molar-refractivity contribution in [3.63, 3.8) is 0 Å². The van der Waals surface area contributed by atoms with Gasteiger partial charge in [0.05, 0.1) is 16.6 Å². The Hall–Kier alpha value is -2.43. The molecule has 1 aliphatic rings. The second-order valence-electron chi connectivity index (χ2n) is 5.78. The summed E-state index contributed by atoms with van der Waals surface area (Å²) in [5, 5.41) is 8.79. The molecule has 25 heavy (non-hydrogen) atoms. The molecule has 1 atom stereocenters. The van der Waals surface area contributed by atoms with Crippen LogP contribution in [0.15, 0.2) is 77.2 Å². The van der Waals surface area contributed by atoms with Crippen LogP contribution in [-0.4, -0.2) is 16.6 Å². The summed E-state index contributed by atoms with van der Waals surface area (Å²) in [4.78, 5) is 13.6. The highest BCUT2D eigenvalue weighted by molar-refractivity contribution is 7.12. The molecule has 3 aromatic rings. The molecule has 0 saturated heterocycles. The molecule has 0 radical (unpaired) electrons. The van der Waals surface area contributed by atoms with Gasteiger partial charge in [-0.05, 0) is 28.6 Å². The molecule has 2 heterocycles. The molecule has 2 aromatic carbocycles. The molecule has 3 nitrogen and oxygen atoms in total. The Balaban J connectivity index is 1.75. The number of amides is 1. The summed E-state index contributed by atoms with van der Waals surface area (Å²) in [5.74, 6) is -0.0918. The van der Waals surface area contributed by atoms with Crippen LogP contribution < -0.4 is 0 Å². The number of halogens is 1. The quantitative estimate of drug-likeness (QED) is 0.611. The van der Waals surface area contributed by atoms with Crippen molar-refractivity contribution in [2.45, 2.75) is 12.5 Å². The molecule has 4 rings (SSSR count). The molecule has 0 unspecified atom stereocenters. The van der Waals surface area contributed by atoms with Crippen LogP contribution in [0.1, 0.15) is 33.3 Å². The van der Waals surface area contributed by atoms with Crippen molar-refractivity contribution in [1.29, 1.82) is 0 Å². The normalized spacial score (nSPS) is 16.8. The number of hydrazone groups is 1. The van der Waals surface area contributed by atoms with E-state index in [9.17, 15) is 4.79 Å². The Labute approximate surface area is 155 Å². The van der Waals surface area contributed by atoms with Gasteiger partial charge < -0.3 is 0 Å². The van der Waals surface area contributed by atoms with Gasteiger partial charge in [-0.25, -0.2) is 5.01 Å². The first-order valence-electron chi connectivity index (χ1n) is 7.98. The van der Waals surface area contributed by atoms with E-state index in [4.69, 9.17) is 11.6 Å². The van der Waals surface area contributed by atoms with Crippen LogP contribution in [0.2, 0.25) is 5.02 Å². The summed E-state index contributed by atoms with van der Waals surface area (Å²) in [6.45, 7) is 0. The van der Waals surface area contributed by atoms with Gasteiger partial charge in [-0.15, -0.1) is 11.3 Å². The van der Waals surface area contributed by atoms with Gasteiger partial charge >= 0.3 is 0 Å². The Morgan fingerprint density at radius 2 is 1.80 bits per heavy atom. The third kappa shape index (κ3) is 3.11. The SMILES string of the molecule is O=C(c1cccs1)N1N=C(c2ccccc2)C[C@@H]1c1ccccc1Cl. The van der Waals surface area contributed by atoms with Crippen LogP contribution in [-0.2, 0) is 0 Å². The van der Waals surface area contributed by atoms with Crippen molar-refractivity contribution in [2.75, 3.05) is 0 Å². The molecule has 0 fully saturated rings. The third-order valence-electron chi connectivity index (χ3n) is 4.22. The van der Waals surface area contributed by atoms with Crippen LogP contribution >= 0.6 is 22.9 Å².